The van der Waals surface area contributed by atoms with E-state index >= 15 is 0 Å². The molecular formula is C23H23F3N4O3. The molecule has 3 aromatic rings. The lowest BCUT2D eigenvalue weighted by atomic mass is 9.96. The molecule has 1 saturated heterocycles. The van der Waals surface area contributed by atoms with Gasteiger partial charge in [-0.25, -0.2) is 0 Å². The highest BCUT2D eigenvalue weighted by Crippen LogP contribution is 2.27. The Morgan fingerprint density at radius 2 is 1.82 bits per heavy atom. The summed E-state index contributed by atoms with van der Waals surface area (Å²) in [6, 6.07) is 13.0. The molecule has 4 rings (SSSR count). The number of hydrogen-bond acceptors (Lipinski definition) is 5. The van der Waals surface area contributed by atoms with Crippen LogP contribution in [0.5, 0.6) is 5.75 Å². The van der Waals surface area contributed by atoms with Crippen LogP contribution in [0.15, 0.2) is 53.3 Å². The van der Waals surface area contributed by atoms with E-state index in [1.54, 1.807) is 6.07 Å². The van der Waals surface area contributed by atoms with Crippen molar-refractivity contribution in [2.75, 3.05) is 23.3 Å². The van der Waals surface area contributed by atoms with E-state index in [2.05, 4.69) is 19.9 Å². The Labute approximate surface area is 187 Å². The summed E-state index contributed by atoms with van der Waals surface area (Å²) in [5.74, 6) is -0.670. The summed E-state index contributed by atoms with van der Waals surface area (Å²) >= 11 is 0. The van der Waals surface area contributed by atoms with Gasteiger partial charge in [0.15, 0.2) is 0 Å². The topological polar surface area (TPSA) is 100 Å². The largest absolute Gasteiger partial charge is 0.573 e. The number of hydrogen-bond donors (Lipinski definition) is 3. The predicted octanol–water partition coefficient (Wildman–Crippen LogP) is 3.74. The molecule has 0 bridgehead atoms. The third-order valence-corrected chi connectivity index (χ3v) is 5.74. The van der Waals surface area contributed by atoms with Gasteiger partial charge in [0.05, 0.1) is 0 Å². The van der Waals surface area contributed by atoms with Crippen molar-refractivity contribution in [3.05, 3.63) is 64.4 Å². The fourth-order valence-corrected chi connectivity index (χ4v) is 3.97. The van der Waals surface area contributed by atoms with Gasteiger partial charge in [-0.3, -0.25) is 9.59 Å². The maximum absolute atomic E-state index is 12.5. The minimum atomic E-state index is -4.79. The number of H-pyrrole nitrogens is 1. The van der Waals surface area contributed by atoms with Crippen molar-refractivity contribution < 1.29 is 22.7 Å². The molecule has 0 unspecified atom stereocenters. The first kappa shape index (κ1) is 22.5. The fourth-order valence-electron chi connectivity index (χ4n) is 3.97. The minimum absolute atomic E-state index is 0.0710. The SMILES string of the molecule is NC(=O)C1CCN(c2ccc(NCc3cc4cc(OC(F)(F)F)ccc4[nH]c3=O)cc2)CC1. The Hall–Kier alpha value is -3.69. The van der Waals surface area contributed by atoms with Gasteiger partial charge in [-0.1, -0.05) is 0 Å². The maximum Gasteiger partial charge on any atom is 0.573 e. The summed E-state index contributed by atoms with van der Waals surface area (Å²) in [5, 5.41) is 3.59. The number of pyridine rings is 1. The average molecular weight is 460 g/mol. The number of benzene rings is 2. The van der Waals surface area contributed by atoms with Crippen molar-refractivity contribution in [2.24, 2.45) is 11.7 Å². The van der Waals surface area contributed by atoms with Crippen LogP contribution in [0.2, 0.25) is 0 Å². The summed E-state index contributed by atoms with van der Waals surface area (Å²) in [6.45, 7) is 1.71. The molecule has 33 heavy (non-hydrogen) atoms. The van der Waals surface area contributed by atoms with Gasteiger partial charge in [-0.2, -0.15) is 0 Å². The number of nitrogens with two attached hydrogens (primary N) is 1. The van der Waals surface area contributed by atoms with Crippen LogP contribution in [0.1, 0.15) is 18.4 Å². The van der Waals surface area contributed by atoms with E-state index in [-0.39, 0.29) is 29.7 Å². The van der Waals surface area contributed by atoms with E-state index < -0.39 is 6.36 Å². The Morgan fingerprint density at radius 3 is 2.45 bits per heavy atom. The number of anilines is 2. The number of nitrogens with one attached hydrogen (secondary N) is 2. The molecule has 1 aliphatic rings. The first-order valence-corrected chi connectivity index (χ1v) is 10.5. The molecule has 174 valence electrons. The highest BCUT2D eigenvalue weighted by molar-refractivity contribution is 5.80. The van der Waals surface area contributed by atoms with Crippen LogP contribution < -0.4 is 26.2 Å². The van der Waals surface area contributed by atoms with Crippen LogP contribution in [0.25, 0.3) is 10.9 Å². The lowest BCUT2D eigenvalue weighted by molar-refractivity contribution is -0.274. The Bertz CT molecular complexity index is 1200. The molecule has 0 atom stereocenters. The van der Waals surface area contributed by atoms with Crippen molar-refractivity contribution >= 4 is 28.2 Å². The van der Waals surface area contributed by atoms with Gasteiger partial charge in [0.1, 0.15) is 5.75 Å². The third kappa shape index (κ3) is 5.57. The number of rotatable bonds is 6. The van der Waals surface area contributed by atoms with Crippen molar-refractivity contribution in [1.29, 1.82) is 0 Å². The molecule has 0 spiro atoms. The first-order chi connectivity index (χ1) is 15.7. The third-order valence-electron chi connectivity index (χ3n) is 5.74. The highest BCUT2D eigenvalue weighted by Gasteiger charge is 2.31. The second-order valence-corrected chi connectivity index (χ2v) is 7.98. The van der Waals surface area contributed by atoms with Gasteiger partial charge in [-0.05, 0) is 61.4 Å². The summed E-state index contributed by atoms with van der Waals surface area (Å²) in [7, 11) is 0. The van der Waals surface area contributed by atoms with Gasteiger partial charge < -0.3 is 25.7 Å². The standard InChI is InChI=1S/C23H23F3N4O3/c24-23(25,26)33-19-5-6-20-15(12-19)11-16(22(32)29-20)13-28-17-1-3-18(4-2-17)30-9-7-14(8-10-30)21(27)31/h1-6,11-12,14,28H,7-10,13H2,(H2,27,31)(H,29,32). The van der Waals surface area contributed by atoms with Crippen LogP contribution in [-0.4, -0.2) is 30.3 Å². The molecule has 1 fully saturated rings. The van der Waals surface area contributed by atoms with Crippen molar-refractivity contribution in [3.8, 4) is 5.75 Å². The van der Waals surface area contributed by atoms with Gasteiger partial charge in [0, 0.05) is 53.4 Å². The second-order valence-electron chi connectivity index (χ2n) is 7.98. The number of amides is 1. The maximum atomic E-state index is 12.5. The Morgan fingerprint density at radius 1 is 1.12 bits per heavy atom. The van der Waals surface area contributed by atoms with E-state index in [0.717, 1.165) is 43.4 Å². The number of aromatic amines is 1. The zero-order chi connectivity index (χ0) is 23.6. The number of halogens is 3. The van der Waals surface area contributed by atoms with Crippen LogP contribution in [0.4, 0.5) is 24.5 Å². The number of aromatic nitrogens is 1. The van der Waals surface area contributed by atoms with Crippen LogP contribution >= 0.6 is 0 Å². The number of piperidine rings is 1. The highest BCUT2D eigenvalue weighted by atomic mass is 19.4. The monoisotopic (exact) mass is 460 g/mol. The number of primary amides is 1. The molecule has 1 amide bonds. The Balaban J connectivity index is 1.42. The number of carbonyl (C=O) groups excluding carboxylic acids is 1. The molecule has 1 aromatic heterocycles. The fraction of sp³-hybridized carbons (Fsp3) is 0.304. The van der Waals surface area contributed by atoms with Gasteiger partial charge in [-0.15, -0.1) is 13.2 Å². The average Bonchev–Trinajstić information content (AvgIpc) is 2.77. The second kappa shape index (κ2) is 9.05. The number of nitrogens with zero attached hydrogens (tertiary/aromatic N) is 1. The van der Waals surface area contributed by atoms with E-state index in [0.29, 0.717) is 16.5 Å². The first-order valence-electron chi connectivity index (χ1n) is 10.5. The normalized spacial score (nSPS) is 14.9. The quantitative estimate of drug-likeness (QED) is 0.520. The molecule has 0 aliphatic carbocycles. The predicted molar refractivity (Wildman–Crippen MR) is 119 cm³/mol. The number of fused-ring (bicyclic) bond motifs is 1. The van der Waals surface area contributed by atoms with Crippen LogP contribution in [-0.2, 0) is 11.3 Å². The molecule has 1 aliphatic heterocycles. The van der Waals surface area contributed by atoms with Crippen LogP contribution in [0, 0.1) is 5.92 Å². The summed E-state index contributed by atoms with van der Waals surface area (Å²) in [6.07, 6.45) is -3.32. The van der Waals surface area contributed by atoms with E-state index in [1.165, 1.54) is 12.1 Å². The molecule has 0 radical (unpaired) electrons. The van der Waals surface area contributed by atoms with Crippen molar-refractivity contribution in [2.45, 2.75) is 25.7 Å². The number of carbonyl (C=O) groups is 1. The van der Waals surface area contributed by atoms with Crippen molar-refractivity contribution in [3.63, 3.8) is 0 Å². The lowest BCUT2D eigenvalue weighted by Crippen LogP contribution is -2.38. The summed E-state index contributed by atoms with van der Waals surface area (Å²) in [4.78, 5) is 28.5. The number of alkyl halides is 3. The molecular weight excluding hydrogens is 437 g/mol. The minimum Gasteiger partial charge on any atom is -0.406 e. The van der Waals surface area contributed by atoms with E-state index in [9.17, 15) is 22.8 Å². The van der Waals surface area contributed by atoms with Gasteiger partial charge in [0.25, 0.3) is 5.56 Å². The smallest absolute Gasteiger partial charge is 0.406 e. The molecule has 2 aromatic carbocycles. The number of ether oxygens (including phenoxy) is 1. The van der Waals surface area contributed by atoms with Crippen molar-refractivity contribution in [1.82, 2.24) is 4.98 Å². The molecule has 2 heterocycles. The molecule has 4 N–H and O–H groups in total. The van der Waals surface area contributed by atoms with Crippen LogP contribution in [0.3, 0.4) is 0 Å². The molecule has 0 saturated carbocycles. The molecule has 10 heteroatoms. The zero-order valence-corrected chi connectivity index (χ0v) is 17.6. The van der Waals surface area contributed by atoms with E-state index in [1.807, 2.05) is 24.3 Å². The van der Waals surface area contributed by atoms with E-state index in [4.69, 9.17) is 5.73 Å². The summed E-state index contributed by atoms with van der Waals surface area (Å²) < 4.78 is 41.4. The zero-order valence-electron chi connectivity index (χ0n) is 17.6. The lowest BCUT2D eigenvalue weighted by Gasteiger charge is -2.32. The Kier molecular flexibility index (Phi) is 6.17. The van der Waals surface area contributed by atoms with Gasteiger partial charge >= 0.3 is 6.36 Å². The summed E-state index contributed by atoms with van der Waals surface area (Å²) in [5.41, 5.74) is 7.68. The van der Waals surface area contributed by atoms with Gasteiger partial charge in [0.2, 0.25) is 5.91 Å². The molecule has 7 nitrogen and oxygen atoms in total.